The van der Waals surface area contributed by atoms with Crippen LogP contribution in [0.5, 0.6) is 0 Å². The van der Waals surface area contributed by atoms with Gasteiger partial charge in [-0.1, -0.05) is 38.1 Å². The molecule has 3 N–H and O–H groups in total. The number of aromatic amines is 1. The maximum atomic E-state index is 12.2. The summed E-state index contributed by atoms with van der Waals surface area (Å²) in [6.07, 6.45) is 0. The second kappa shape index (κ2) is 7.42. The fourth-order valence-corrected chi connectivity index (χ4v) is 2.76. The highest BCUT2D eigenvalue weighted by molar-refractivity contribution is 5.93. The molecule has 2 rings (SSSR count). The van der Waals surface area contributed by atoms with Crippen LogP contribution in [-0.4, -0.2) is 22.6 Å². The number of hydrogen-bond donors (Lipinski definition) is 3. The van der Waals surface area contributed by atoms with Crippen molar-refractivity contribution in [3.05, 3.63) is 46.8 Å². The summed E-state index contributed by atoms with van der Waals surface area (Å²) in [7, 11) is 0. The number of benzene rings is 1. The summed E-state index contributed by atoms with van der Waals surface area (Å²) < 4.78 is 0. The third kappa shape index (κ3) is 4.20. The summed E-state index contributed by atoms with van der Waals surface area (Å²) >= 11 is 0. The Morgan fingerprint density at radius 2 is 1.91 bits per heavy atom. The molecule has 0 aliphatic heterocycles. The van der Waals surface area contributed by atoms with Gasteiger partial charge >= 0.3 is 0 Å². The number of hydrogen-bond acceptors (Lipinski definition) is 3. The SMILES string of the molecule is Cc1ccccc1[C@H](NCC(=O)Nc1c(C)n[nH]c1C)C(C)C. The maximum absolute atomic E-state index is 12.2. The second-order valence-electron chi connectivity index (χ2n) is 6.32. The summed E-state index contributed by atoms with van der Waals surface area (Å²) in [6.45, 7) is 10.5. The van der Waals surface area contributed by atoms with E-state index in [2.05, 4.69) is 53.7 Å². The summed E-state index contributed by atoms with van der Waals surface area (Å²) in [5.41, 5.74) is 4.92. The van der Waals surface area contributed by atoms with E-state index in [1.165, 1.54) is 11.1 Å². The molecular weight excluding hydrogens is 288 g/mol. The van der Waals surface area contributed by atoms with Crippen molar-refractivity contribution in [2.24, 2.45) is 5.92 Å². The highest BCUT2D eigenvalue weighted by Crippen LogP contribution is 2.24. The molecule has 1 heterocycles. The number of nitrogens with one attached hydrogen (secondary N) is 3. The summed E-state index contributed by atoms with van der Waals surface area (Å²) in [5.74, 6) is 0.332. The van der Waals surface area contributed by atoms with Crippen molar-refractivity contribution in [3.8, 4) is 0 Å². The summed E-state index contributed by atoms with van der Waals surface area (Å²) in [4.78, 5) is 12.2. The first-order valence-corrected chi connectivity index (χ1v) is 8.00. The van der Waals surface area contributed by atoms with Gasteiger partial charge in [-0.3, -0.25) is 9.89 Å². The number of amides is 1. The van der Waals surface area contributed by atoms with E-state index in [1.807, 2.05) is 26.0 Å². The molecular formula is C18H26N4O. The van der Waals surface area contributed by atoms with Gasteiger partial charge in [-0.2, -0.15) is 5.10 Å². The van der Waals surface area contributed by atoms with Crippen LogP contribution in [0, 0.1) is 26.7 Å². The molecule has 2 aromatic rings. The van der Waals surface area contributed by atoms with Gasteiger partial charge < -0.3 is 10.6 Å². The molecule has 23 heavy (non-hydrogen) atoms. The molecule has 0 fully saturated rings. The van der Waals surface area contributed by atoms with Crippen LogP contribution >= 0.6 is 0 Å². The number of carbonyl (C=O) groups excluding carboxylic acids is 1. The number of rotatable bonds is 6. The lowest BCUT2D eigenvalue weighted by Gasteiger charge is -2.24. The molecule has 0 radical (unpaired) electrons. The molecule has 5 heteroatoms. The average Bonchev–Trinajstić information content (AvgIpc) is 2.81. The van der Waals surface area contributed by atoms with Crippen LogP contribution in [0.15, 0.2) is 24.3 Å². The van der Waals surface area contributed by atoms with Crippen molar-refractivity contribution in [2.75, 3.05) is 11.9 Å². The van der Waals surface area contributed by atoms with Crippen LogP contribution in [-0.2, 0) is 4.79 Å². The Kier molecular flexibility index (Phi) is 5.55. The highest BCUT2D eigenvalue weighted by atomic mass is 16.1. The number of H-pyrrole nitrogens is 1. The van der Waals surface area contributed by atoms with Crippen LogP contribution in [0.2, 0.25) is 0 Å². The molecule has 1 aromatic heterocycles. The number of carbonyl (C=O) groups is 1. The van der Waals surface area contributed by atoms with Crippen LogP contribution in [0.1, 0.15) is 42.4 Å². The van der Waals surface area contributed by atoms with Crippen molar-refractivity contribution < 1.29 is 4.79 Å². The van der Waals surface area contributed by atoms with Crippen molar-refractivity contribution in [1.82, 2.24) is 15.5 Å². The number of aryl methyl sites for hydroxylation is 3. The average molecular weight is 314 g/mol. The zero-order chi connectivity index (χ0) is 17.0. The quantitative estimate of drug-likeness (QED) is 0.766. The topological polar surface area (TPSA) is 69.8 Å². The fourth-order valence-electron chi connectivity index (χ4n) is 2.76. The van der Waals surface area contributed by atoms with E-state index in [9.17, 15) is 4.79 Å². The molecule has 1 atom stereocenters. The lowest BCUT2D eigenvalue weighted by atomic mass is 9.92. The van der Waals surface area contributed by atoms with Gasteiger partial charge in [-0.15, -0.1) is 0 Å². The van der Waals surface area contributed by atoms with Gasteiger partial charge in [0.05, 0.1) is 23.6 Å². The predicted molar refractivity (Wildman–Crippen MR) is 93.5 cm³/mol. The lowest BCUT2D eigenvalue weighted by Crippen LogP contribution is -2.34. The molecule has 124 valence electrons. The zero-order valence-corrected chi connectivity index (χ0v) is 14.5. The first-order chi connectivity index (χ1) is 10.9. The fraction of sp³-hybridized carbons (Fsp3) is 0.444. The van der Waals surface area contributed by atoms with E-state index < -0.39 is 0 Å². The summed E-state index contributed by atoms with van der Waals surface area (Å²) in [6, 6.07) is 8.44. The highest BCUT2D eigenvalue weighted by Gasteiger charge is 2.18. The predicted octanol–water partition coefficient (Wildman–Crippen LogP) is 3.26. The van der Waals surface area contributed by atoms with E-state index in [1.54, 1.807) is 0 Å². The standard InChI is InChI=1S/C18H26N4O/c1-11(2)17(15-9-7-6-8-12(15)3)19-10-16(23)20-18-13(4)21-22-14(18)5/h6-9,11,17,19H,10H2,1-5H3,(H,20,23)(H,21,22)/t17-/m1/s1. The Bertz CT molecular complexity index is 656. The Hall–Kier alpha value is -2.14. The van der Waals surface area contributed by atoms with Crippen molar-refractivity contribution in [2.45, 2.75) is 40.7 Å². The van der Waals surface area contributed by atoms with Gasteiger partial charge in [-0.25, -0.2) is 0 Å². The number of nitrogens with zero attached hydrogens (tertiary/aromatic N) is 1. The van der Waals surface area contributed by atoms with E-state index >= 15 is 0 Å². The molecule has 0 spiro atoms. The Morgan fingerprint density at radius 1 is 1.22 bits per heavy atom. The molecule has 0 saturated heterocycles. The first-order valence-electron chi connectivity index (χ1n) is 8.00. The lowest BCUT2D eigenvalue weighted by molar-refractivity contribution is -0.115. The van der Waals surface area contributed by atoms with Gasteiger partial charge in [0.25, 0.3) is 0 Å². The molecule has 0 saturated carbocycles. The van der Waals surface area contributed by atoms with Crippen LogP contribution in [0.3, 0.4) is 0 Å². The Morgan fingerprint density at radius 3 is 2.48 bits per heavy atom. The van der Waals surface area contributed by atoms with E-state index in [4.69, 9.17) is 0 Å². The van der Waals surface area contributed by atoms with E-state index in [-0.39, 0.29) is 18.5 Å². The van der Waals surface area contributed by atoms with E-state index in [0.29, 0.717) is 5.92 Å². The minimum atomic E-state index is -0.0585. The van der Waals surface area contributed by atoms with Crippen molar-refractivity contribution in [1.29, 1.82) is 0 Å². The van der Waals surface area contributed by atoms with Crippen LogP contribution in [0.25, 0.3) is 0 Å². The molecule has 1 amide bonds. The van der Waals surface area contributed by atoms with Gasteiger partial charge in [-0.05, 0) is 37.8 Å². The molecule has 1 aromatic carbocycles. The largest absolute Gasteiger partial charge is 0.322 e. The minimum Gasteiger partial charge on any atom is -0.322 e. The molecule has 0 unspecified atom stereocenters. The number of anilines is 1. The molecule has 5 nitrogen and oxygen atoms in total. The molecule has 0 aliphatic carbocycles. The second-order valence-corrected chi connectivity index (χ2v) is 6.32. The molecule has 0 bridgehead atoms. The smallest absolute Gasteiger partial charge is 0.238 e. The zero-order valence-electron chi connectivity index (χ0n) is 14.5. The minimum absolute atomic E-state index is 0.0585. The van der Waals surface area contributed by atoms with E-state index in [0.717, 1.165) is 17.1 Å². The maximum Gasteiger partial charge on any atom is 0.238 e. The van der Waals surface area contributed by atoms with Gasteiger partial charge in [0.2, 0.25) is 5.91 Å². The third-order valence-electron chi connectivity index (χ3n) is 4.07. The van der Waals surface area contributed by atoms with Gasteiger partial charge in [0.15, 0.2) is 0 Å². The monoisotopic (exact) mass is 314 g/mol. The third-order valence-corrected chi connectivity index (χ3v) is 4.07. The Labute approximate surface area is 137 Å². The molecule has 0 aliphatic rings. The van der Waals surface area contributed by atoms with Crippen LogP contribution in [0.4, 0.5) is 5.69 Å². The Balaban J connectivity index is 2.02. The van der Waals surface area contributed by atoms with Gasteiger partial charge in [0.1, 0.15) is 0 Å². The normalized spacial score (nSPS) is 12.4. The van der Waals surface area contributed by atoms with Crippen molar-refractivity contribution in [3.63, 3.8) is 0 Å². The van der Waals surface area contributed by atoms with Crippen molar-refractivity contribution >= 4 is 11.6 Å². The summed E-state index contributed by atoms with van der Waals surface area (Å²) in [5, 5.41) is 13.3. The number of aromatic nitrogens is 2. The van der Waals surface area contributed by atoms with Gasteiger partial charge in [0, 0.05) is 6.04 Å². The first kappa shape index (κ1) is 17.2. The van der Waals surface area contributed by atoms with Crippen LogP contribution < -0.4 is 10.6 Å².